The van der Waals surface area contributed by atoms with Crippen LogP contribution in [0.1, 0.15) is 16.0 Å². The van der Waals surface area contributed by atoms with Gasteiger partial charge in [0.1, 0.15) is 23.4 Å². The third kappa shape index (κ3) is 4.13. The van der Waals surface area contributed by atoms with Crippen molar-refractivity contribution >= 4 is 22.6 Å². The second kappa shape index (κ2) is 8.07. The number of hydrogen-bond donors (Lipinski definition) is 0. The van der Waals surface area contributed by atoms with E-state index in [1.54, 1.807) is 14.2 Å². The van der Waals surface area contributed by atoms with Gasteiger partial charge in [-0.05, 0) is 12.0 Å². The van der Waals surface area contributed by atoms with Gasteiger partial charge in [-0.2, -0.15) is 0 Å². The molecule has 2 atom stereocenters. The summed E-state index contributed by atoms with van der Waals surface area (Å²) in [5.74, 6) is 2.29. The quantitative estimate of drug-likeness (QED) is 0.382. The molecular formula is C19H22INO3. The largest absolute Gasteiger partial charge is 0.496 e. The monoisotopic (exact) mass is 439 g/mol. The van der Waals surface area contributed by atoms with Gasteiger partial charge in [0.05, 0.1) is 18.3 Å². The Morgan fingerprint density at radius 1 is 1.00 bits per heavy atom. The molecule has 2 unspecified atom stereocenters. The second-order valence-corrected chi connectivity index (χ2v) is 7.00. The van der Waals surface area contributed by atoms with Crippen LogP contribution in [0, 0.1) is 0 Å². The van der Waals surface area contributed by atoms with Crippen LogP contribution in [0.25, 0.3) is 0 Å². The molecule has 0 radical (unpaired) electrons. The molecule has 0 aromatic heterocycles. The summed E-state index contributed by atoms with van der Waals surface area (Å²) < 4.78 is 17.2. The van der Waals surface area contributed by atoms with Gasteiger partial charge < -0.3 is 14.2 Å². The summed E-state index contributed by atoms with van der Waals surface area (Å²) in [6.07, 6.45) is 1.20. The predicted molar refractivity (Wildman–Crippen MR) is 103 cm³/mol. The van der Waals surface area contributed by atoms with Gasteiger partial charge in [0, 0.05) is 31.3 Å². The summed E-state index contributed by atoms with van der Waals surface area (Å²) in [5, 5.41) is 0. The smallest absolute Gasteiger partial charge is 0.127 e. The first-order valence-electron chi connectivity index (χ1n) is 8.02. The first-order chi connectivity index (χ1) is 11.7. The molecule has 0 bridgehead atoms. The second-order valence-electron chi connectivity index (χ2n) is 5.82. The fraction of sp³-hybridized carbons (Fsp3) is 0.368. The van der Waals surface area contributed by atoms with Gasteiger partial charge in [0.2, 0.25) is 0 Å². The molecule has 1 saturated heterocycles. The van der Waals surface area contributed by atoms with Crippen molar-refractivity contribution < 1.29 is 14.2 Å². The highest BCUT2D eigenvalue weighted by Gasteiger charge is 2.29. The van der Waals surface area contributed by atoms with Crippen LogP contribution in [0.15, 0.2) is 48.5 Å². The van der Waals surface area contributed by atoms with E-state index in [1.165, 1.54) is 5.56 Å². The lowest BCUT2D eigenvalue weighted by Crippen LogP contribution is -2.26. The molecule has 2 aromatic rings. The number of nitrogens with zero attached hydrogens (tertiary/aromatic N) is 1. The summed E-state index contributed by atoms with van der Waals surface area (Å²) >= 11 is 2.50. The Kier molecular flexibility index (Phi) is 5.84. The van der Waals surface area contributed by atoms with E-state index >= 15 is 0 Å². The van der Waals surface area contributed by atoms with Gasteiger partial charge in [0.25, 0.3) is 0 Å². The standard InChI is InChI=1S/C19H22INO3/c1-22-16-10-17(23-2)12-18(11-16)24-15-8-9-21(13-15)19(20)14-6-4-3-5-7-14/h3-7,10-12,15,19H,8-9,13H2,1-2H3. The highest BCUT2D eigenvalue weighted by molar-refractivity contribution is 14.1. The zero-order chi connectivity index (χ0) is 16.9. The molecule has 5 heteroatoms. The molecule has 1 aliphatic rings. The molecule has 0 amide bonds. The van der Waals surface area contributed by atoms with Gasteiger partial charge in [-0.3, -0.25) is 4.90 Å². The Hall–Kier alpha value is -1.47. The van der Waals surface area contributed by atoms with Crippen LogP contribution in [0.3, 0.4) is 0 Å². The first kappa shape index (κ1) is 17.4. The molecule has 0 aliphatic carbocycles. The Bertz CT molecular complexity index is 643. The third-order valence-corrected chi connectivity index (χ3v) is 5.71. The summed E-state index contributed by atoms with van der Waals surface area (Å²) in [7, 11) is 3.30. The average Bonchev–Trinajstić information content (AvgIpc) is 3.09. The summed E-state index contributed by atoms with van der Waals surface area (Å²) in [6, 6.07) is 16.3. The number of ether oxygens (including phenoxy) is 3. The van der Waals surface area contributed by atoms with Crippen molar-refractivity contribution in [3.8, 4) is 17.2 Å². The Labute approximate surface area is 156 Å². The molecule has 1 heterocycles. The zero-order valence-electron chi connectivity index (χ0n) is 13.9. The summed E-state index contributed by atoms with van der Waals surface area (Å²) in [6.45, 7) is 1.95. The van der Waals surface area contributed by atoms with Gasteiger partial charge in [-0.25, -0.2) is 0 Å². The number of methoxy groups -OCH3 is 2. The first-order valence-corrected chi connectivity index (χ1v) is 9.27. The SMILES string of the molecule is COc1cc(OC)cc(OC2CCN(C(I)c3ccccc3)C2)c1. The van der Waals surface area contributed by atoms with E-state index in [0.29, 0.717) is 4.05 Å². The minimum Gasteiger partial charge on any atom is -0.496 e. The molecule has 128 valence electrons. The van der Waals surface area contributed by atoms with Crippen molar-refractivity contribution in [3.05, 3.63) is 54.1 Å². The maximum atomic E-state index is 6.17. The summed E-state index contributed by atoms with van der Waals surface area (Å²) in [4.78, 5) is 2.46. The molecule has 0 spiro atoms. The molecule has 3 rings (SSSR count). The van der Waals surface area contributed by atoms with Crippen LogP contribution < -0.4 is 14.2 Å². The normalized spacial score (nSPS) is 19.0. The molecule has 0 N–H and O–H groups in total. The van der Waals surface area contributed by atoms with Gasteiger partial charge >= 0.3 is 0 Å². The predicted octanol–water partition coefficient (Wildman–Crippen LogP) is 4.29. The van der Waals surface area contributed by atoms with Crippen molar-refractivity contribution in [2.24, 2.45) is 0 Å². The van der Waals surface area contributed by atoms with Crippen LogP contribution >= 0.6 is 22.6 Å². The maximum Gasteiger partial charge on any atom is 0.127 e. The van der Waals surface area contributed by atoms with E-state index in [1.807, 2.05) is 18.2 Å². The van der Waals surface area contributed by atoms with Crippen molar-refractivity contribution in [1.29, 1.82) is 0 Å². The van der Waals surface area contributed by atoms with E-state index in [2.05, 4.69) is 57.8 Å². The number of hydrogen-bond acceptors (Lipinski definition) is 4. The van der Waals surface area contributed by atoms with E-state index < -0.39 is 0 Å². The molecule has 1 aliphatic heterocycles. The molecular weight excluding hydrogens is 417 g/mol. The lowest BCUT2D eigenvalue weighted by molar-refractivity contribution is 0.197. The van der Waals surface area contributed by atoms with Crippen LogP contribution in [0.2, 0.25) is 0 Å². The maximum absolute atomic E-state index is 6.17. The van der Waals surface area contributed by atoms with Crippen molar-refractivity contribution in [1.82, 2.24) is 4.90 Å². The lowest BCUT2D eigenvalue weighted by atomic mass is 10.2. The van der Waals surface area contributed by atoms with Gasteiger partial charge in [-0.1, -0.05) is 52.9 Å². The highest BCUT2D eigenvalue weighted by atomic mass is 127. The topological polar surface area (TPSA) is 30.9 Å². The van der Waals surface area contributed by atoms with Crippen LogP contribution in [0.4, 0.5) is 0 Å². The molecule has 1 fully saturated rings. The number of likely N-dealkylation sites (tertiary alicyclic amines) is 1. The fourth-order valence-corrected chi connectivity index (χ4v) is 3.84. The zero-order valence-corrected chi connectivity index (χ0v) is 16.1. The van der Waals surface area contributed by atoms with Crippen LogP contribution in [-0.2, 0) is 0 Å². The Balaban J connectivity index is 1.64. The molecule has 24 heavy (non-hydrogen) atoms. The van der Waals surface area contributed by atoms with Crippen molar-refractivity contribution in [2.75, 3.05) is 27.3 Å². The Morgan fingerprint density at radius 3 is 2.25 bits per heavy atom. The average molecular weight is 439 g/mol. The minimum absolute atomic E-state index is 0.183. The van der Waals surface area contributed by atoms with Crippen molar-refractivity contribution in [2.45, 2.75) is 16.6 Å². The minimum atomic E-state index is 0.183. The van der Waals surface area contributed by atoms with E-state index in [-0.39, 0.29) is 6.10 Å². The fourth-order valence-electron chi connectivity index (χ4n) is 2.92. The lowest BCUT2D eigenvalue weighted by Gasteiger charge is -2.23. The van der Waals surface area contributed by atoms with Crippen LogP contribution in [0.5, 0.6) is 17.2 Å². The molecule has 0 saturated carbocycles. The van der Waals surface area contributed by atoms with Gasteiger partial charge in [-0.15, -0.1) is 0 Å². The third-order valence-electron chi connectivity index (χ3n) is 4.20. The highest BCUT2D eigenvalue weighted by Crippen LogP contribution is 2.33. The number of alkyl halides is 1. The van der Waals surface area contributed by atoms with E-state index in [9.17, 15) is 0 Å². The Morgan fingerprint density at radius 2 is 1.62 bits per heavy atom. The molecule has 2 aromatic carbocycles. The number of rotatable bonds is 6. The van der Waals surface area contributed by atoms with Crippen molar-refractivity contribution in [3.63, 3.8) is 0 Å². The number of halogens is 1. The summed E-state index contributed by atoms with van der Waals surface area (Å²) in [5.41, 5.74) is 1.33. The van der Waals surface area contributed by atoms with Crippen LogP contribution in [-0.4, -0.2) is 38.3 Å². The van der Waals surface area contributed by atoms with Gasteiger partial charge in [0.15, 0.2) is 0 Å². The van der Waals surface area contributed by atoms with E-state index in [0.717, 1.165) is 36.8 Å². The molecule has 4 nitrogen and oxygen atoms in total. The number of benzene rings is 2. The van der Waals surface area contributed by atoms with E-state index in [4.69, 9.17) is 14.2 Å².